The van der Waals surface area contributed by atoms with E-state index in [-0.39, 0.29) is 10.6 Å². The van der Waals surface area contributed by atoms with Gasteiger partial charge in [0, 0.05) is 4.88 Å². The third-order valence-corrected chi connectivity index (χ3v) is 7.08. The van der Waals surface area contributed by atoms with Crippen molar-refractivity contribution in [3.8, 4) is 0 Å². The summed E-state index contributed by atoms with van der Waals surface area (Å²) in [7, 11) is -4.14. The molecule has 1 aliphatic rings. The molecule has 2 aromatic rings. The molecular weight excluding hydrogens is 454 g/mol. The Balaban J connectivity index is 1.69. The van der Waals surface area contributed by atoms with Crippen LogP contribution < -0.4 is 16.2 Å². The first kappa shape index (κ1) is 22.2. The van der Waals surface area contributed by atoms with E-state index >= 15 is 0 Å². The highest BCUT2D eigenvalue weighted by Gasteiger charge is 2.25. The fourth-order valence-electron chi connectivity index (χ4n) is 3.14. The Morgan fingerprint density at radius 2 is 1.90 bits per heavy atom. The van der Waals surface area contributed by atoms with E-state index in [1.54, 1.807) is 0 Å². The van der Waals surface area contributed by atoms with Crippen LogP contribution in [0.1, 0.15) is 44.0 Å². The molecule has 0 radical (unpaired) electrons. The highest BCUT2D eigenvalue weighted by molar-refractivity contribution is 7.89. The predicted octanol–water partition coefficient (Wildman–Crippen LogP) is 1.82. The third kappa shape index (κ3) is 4.81. The van der Waals surface area contributed by atoms with E-state index in [1.807, 2.05) is 0 Å². The molecule has 9 nitrogen and oxygen atoms in total. The van der Waals surface area contributed by atoms with Gasteiger partial charge in [-0.3, -0.25) is 9.59 Å². The number of sulfonamides is 1. The molecule has 5 N–H and O–H groups in total. The summed E-state index contributed by atoms with van der Waals surface area (Å²) in [6, 6.07) is 3.40. The van der Waals surface area contributed by atoms with Crippen LogP contribution in [0.4, 0.5) is 5.00 Å². The molecule has 0 saturated carbocycles. The summed E-state index contributed by atoms with van der Waals surface area (Å²) >= 11 is 7.06. The van der Waals surface area contributed by atoms with Gasteiger partial charge in [-0.25, -0.2) is 18.4 Å². The number of amides is 2. The van der Waals surface area contributed by atoms with Crippen LogP contribution in [0.25, 0.3) is 0 Å². The zero-order chi connectivity index (χ0) is 22.1. The minimum atomic E-state index is -4.14. The number of carbonyl (C=O) groups is 3. The Morgan fingerprint density at radius 1 is 1.20 bits per heavy atom. The smallest absolute Gasteiger partial charge is 0.338 e. The summed E-state index contributed by atoms with van der Waals surface area (Å²) in [5.41, 5.74) is 6.50. The fourth-order valence-corrected chi connectivity index (χ4v) is 5.52. The monoisotopic (exact) mass is 471 g/mol. The molecule has 30 heavy (non-hydrogen) atoms. The summed E-state index contributed by atoms with van der Waals surface area (Å²) in [5, 5.41) is 7.80. The van der Waals surface area contributed by atoms with E-state index in [2.05, 4.69) is 5.32 Å². The number of primary sulfonamides is 1. The number of fused-ring (bicyclic) bond motifs is 1. The first-order valence-corrected chi connectivity index (χ1v) is 11.6. The van der Waals surface area contributed by atoms with Crippen LogP contribution in [0.15, 0.2) is 23.1 Å². The quantitative estimate of drug-likeness (QED) is 0.545. The molecule has 0 unspecified atom stereocenters. The van der Waals surface area contributed by atoms with Crippen molar-refractivity contribution in [3.05, 3.63) is 44.8 Å². The molecule has 0 fully saturated rings. The van der Waals surface area contributed by atoms with Gasteiger partial charge in [0.15, 0.2) is 6.61 Å². The number of anilines is 1. The molecule has 1 heterocycles. The average Bonchev–Trinajstić information content (AvgIpc) is 3.03. The lowest BCUT2D eigenvalue weighted by molar-refractivity contribution is -0.119. The maximum absolute atomic E-state index is 12.2. The van der Waals surface area contributed by atoms with E-state index in [1.165, 1.54) is 23.5 Å². The molecule has 3 rings (SSSR count). The molecule has 0 bridgehead atoms. The van der Waals surface area contributed by atoms with Crippen molar-refractivity contribution in [1.29, 1.82) is 0 Å². The van der Waals surface area contributed by atoms with Gasteiger partial charge in [-0.15, -0.1) is 11.3 Å². The molecule has 160 valence electrons. The van der Waals surface area contributed by atoms with E-state index < -0.39 is 39.3 Å². The number of esters is 1. The molecule has 0 aliphatic heterocycles. The predicted molar refractivity (Wildman–Crippen MR) is 111 cm³/mol. The second-order valence-corrected chi connectivity index (χ2v) is 9.64. The van der Waals surface area contributed by atoms with Crippen molar-refractivity contribution < 1.29 is 27.5 Å². The fraction of sp³-hybridized carbons (Fsp3) is 0.278. The number of hydrogen-bond acceptors (Lipinski definition) is 7. The number of aryl methyl sites for hydroxylation is 1. The summed E-state index contributed by atoms with van der Waals surface area (Å²) in [5.74, 6) is -2.23. The van der Waals surface area contributed by atoms with Gasteiger partial charge in [0.1, 0.15) is 9.90 Å². The number of rotatable bonds is 6. The Hall–Kier alpha value is -2.47. The first-order valence-electron chi connectivity index (χ1n) is 8.81. The van der Waals surface area contributed by atoms with Crippen LogP contribution in [0.5, 0.6) is 0 Å². The zero-order valence-electron chi connectivity index (χ0n) is 15.6. The van der Waals surface area contributed by atoms with Crippen molar-refractivity contribution in [1.82, 2.24) is 0 Å². The topological polar surface area (TPSA) is 159 Å². The number of primary amides is 1. The van der Waals surface area contributed by atoms with E-state index in [9.17, 15) is 22.8 Å². The molecule has 0 atom stereocenters. The van der Waals surface area contributed by atoms with Crippen LogP contribution in [-0.2, 0) is 32.4 Å². The molecular formula is C18H18ClN3O6S2. The van der Waals surface area contributed by atoms with Crippen molar-refractivity contribution in [2.45, 2.75) is 30.6 Å². The van der Waals surface area contributed by atoms with Crippen molar-refractivity contribution in [2.24, 2.45) is 10.9 Å². The lowest BCUT2D eigenvalue weighted by Crippen LogP contribution is -2.23. The molecule has 1 aromatic heterocycles. The van der Waals surface area contributed by atoms with E-state index in [0.29, 0.717) is 10.6 Å². The van der Waals surface area contributed by atoms with E-state index in [4.69, 9.17) is 27.2 Å². The van der Waals surface area contributed by atoms with Crippen molar-refractivity contribution in [2.75, 3.05) is 11.9 Å². The number of carbonyl (C=O) groups excluding carboxylic acids is 3. The minimum absolute atomic E-state index is 0.138. The molecule has 12 heteroatoms. The Bertz CT molecular complexity index is 1140. The number of ether oxygens (including phenoxy) is 1. The summed E-state index contributed by atoms with van der Waals surface area (Å²) < 4.78 is 27.9. The third-order valence-electron chi connectivity index (χ3n) is 4.48. The van der Waals surface area contributed by atoms with Crippen molar-refractivity contribution >= 4 is 55.7 Å². The molecule has 1 aliphatic carbocycles. The maximum atomic E-state index is 12.2. The summed E-state index contributed by atoms with van der Waals surface area (Å²) in [6.45, 7) is -0.646. The molecule has 0 saturated heterocycles. The normalized spacial score (nSPS) is 13.4. The van der Waals surface area contributed by atoms with Crippen LogP contribution in [-0.4, -0.2) is 32.8 Å². The molecule has 2 amide bonds. The summed E-state index contributed by atoms with van der Waals surface area (Å²) in [4.78, 5) is 36.9. The largest absolute Gasteiger partial charge is 0.452 e. The average molecular weight is 472 g/mol. The number of nitrogens with two attached hydrogens (primary N) is 2. The van der Waals surface area contributed by atoms with Gasteiger partial charge >= 0.3 is 5.97 Å². The van der Waals surface area contributed by atoms with Gasteiger partial charge < -0.3 is 15.8 Å². The Labute approximate surface area is 181 Å². The first-order chi connectivity index (χ1) is 14.1. The standard InChI is InChI=1S/C18H18ClN3O6S2/c19-11-6-5-9(7-13(11)30(21,26)27)18(25)28-8-14(23)22-17-15(16(20)24)10-3-1-2-4-12(10)29-17/h5-7H,1-4,8H2,(H2,20,24)(H,22,23)(H2,21,26,27). The lowest BCUT2D eigenvalue weighted by Gasteiger charge is -2.11. The number of halogens is 1. The minimum Gasteiger partial charge on any atom is -0.452 e. The van der Waals surface area contributed by atoms with Gasteiger partial charge in [-0.1, -0.05) is 11.6 Å². The van der Waals surface area contributed by atoms with Gasteiger partial charge in [0.2, 0.25) is 10.0 Å². The van der Waals surface area contributed by atoms with Crippen LogP contribution >= 0.6 is 22.9 Å². The summed E-state index contributed by atoms with van der Waals surface area (Å²) in [6.07, 6.45) is 3.47. The van der Waals surface area contributed by atoms with Gasteiger partial charge in [-0.05, 0) is 49.4 Å². The Morgan fingerprint density at radius 3 is 2.57 bits per heavy atom. The number of benzene rings is 1. The highest BCUT2D eigenvalue weighted by Crippen LogP contribution is 2.37. The second-order valence-electron chi connectivity index (χ2n) is 6.59. The number of hydrogen-bond donors (Lipinski definition) is 3. The number of thiophene rings is 1. The Kier molecular flexibility index (Phi) is 6.46. The van der Waals surface area contributed by atoms with E-state index in [0.717, 1.165) is 42.2 Å². The SMILES string of the molecule is NC(=O)c1c(NC(=O)COC(=O)c2ccc(Cl)c(S(N)(=O)=O)c2)sc2c1CCCC2. The highest BCUT2D eigenvalue weighted by atomic mass is 35.5. The van der Waals surface area contributed by atoms with Crippen LogP contribution in [0.3, 0.4) is 0 Å². The number of nitrogens with one attached hydrogen (secondary N) is 1. The van der Waals surface area contributed by atoms with Crippen LogP contribution in [0.2, 0.25) is 5.02 Å². The zero-order valence-corrected chi connectivity index (χ0v) is 18.0. The molecule has 1 aromatic carbocycles. The van der Waals surface area contributed by atoms with Crippen LogP contribution in [0, 0.1) is 0 Å². The maximum Gasteiger partial charge on any atom is 0.338 e. The second kappa shape index (κ2) is 8.72. The van der Waals surface area contributed by atoms with Gasteiger partial charge in [-0.2, -0.15) is 0 Å². The molecule has 0 spiro atoms. The van der Waals surface area contributed by atoms with Gasteiger partial charge in [0.25, 0.3) is 11.8 Å². The van der Waals surface area contributed by atoms with Crippen molar-refractivity contribution in [3.63, 3.8) is 0 Å². The lowest BCUT2D eigenvalue weighted by atomic mass is 9.95. The van der Waals surface area contributed by atoms with Gasteiger partial charge in [0.05, 0.1) is 16.1 Å².